The summed E-state index contributed by atoms with van der Waals surface area (Å²) in [5, 5.41) is 14.7. The van der Waals surface area contributed by atoms with Crippen molar-refractivity contribution >= 4 is 39.0 Å². The van der Waals surface area contributed by atoms with Gasteiger partial charge in [-0.15, -0.1) is 0 Å². The predicted molar refractivity (Wildman–Crippen MR) is 112 cm³/mol. The summed E-state index contributed by atoms with van der Waals surface area (Å²) in [6, 6.07) is 12.1. The third-order valence-electron chi connectivity index (χ3n) is 4.64. The van der Waals surface area contributed by atoms with Crippen LogP contribution in [0.25, 0.3) is 0 Å². The highest BCUT2D eigenvalue weighted by atomic mass is 35.5. The molecule has 9 heteroatoms. The summed E-state index contributed by atoms with van der Waals surface area (Å²) in [7, 11) is -3.61. The molecule has 1 aliphatic rings. The van der Waals surface area contributed by atoms with Gasteiger partial charge in [0.25, 0.3) is 0 Å². The average molecular weight is 433 g/mol. The number of benzene rings is 2. The number of rotatable bonds is 4. The average Bonchev–Trinajstić information content (AvgIpc) is 2.99. The maximum absolute atomic E-state index is 12.9. The largest absolute Gasteiger partial charge is 0.323 e. The first kappa shape index (κ1) is 21.1. The molecule has 2 N–H and O–H groups in total. The fourth-order valence-electron chi connectivity index (χ4n) is 3.17. The normalized spacial score (nSPS) is 15.2. The third kappa shape index (κ3) is 5.26. The maximum atomic E-state index is 12.9. The number of carbonyl (C=O) groups excluding carboxylic acids is 1. The zero-order valence-corrected chi connectivity index (χ0v) is 17.3. The Morgan fingerprint density at radius 1 is 1.03 bits per heavy atom. The van der Waals surface area contributed by atoms with Gasteiger partial charge in [0.1, 0.15) is 6.07 Å². The minimum Gasteiger partial charge on any atom is -0.308 e. The molecule has 0 atom stereocenters. The fraction of sp³-hybridized carbons (Fsp3) is 0.300. The first-order chi connectivity index (χ1) is 13.9. The molecular formula is C20H21ClN4O3S. The quantitative estimate of drug-likeness (QED) is 0.746. The highest BCUT2D eigenvalue weighted by Gasteiger charge is 2.25. The van der Waals surface area contributed by atoms with Gasteiger partial charge < -0.3 is 10.6 Å². The molecule has 1 fully saturated rings. The Balaban J connectivity index is 1.74. The van der Waals surface area contributed by atoms with Crippen molar-refractivity contribution in [2.75, 3.05) is 23.7 Å². The number of nitrogens with zero attached hydrogens (tertiary/aromatic N) is 2. The lowest BCUT2D eigenvalue weighted by Crippen LogP contribution is -2.32. The highest BCUT2D eigenvalue weighted by molar-refractivity contribution is 7.89. The van der Waals surface area contributed by atoms with Gasteiger partial charge in [0.05, 0.1) is 16.1 Å². The Morgan fingerprint density at radius 3 is 2.45 bits per heavy atom. The van der Waals surface area contributed by atoms with E-state index in [-0.39, 0.29) is 10.5 Å². The van der Waals surface area contributed by atoms with E-state index in [0.29, 0.717) is 29.5 Å². The van der Waals surface area contributed by atoms with Crippen LogP contribution < -0.4 is 10.6 Å². The van der Waals surface area contributed by atoms with Crippen molar-refractivity contribution in [1.82, 2.24) is 4.31 Å². The lowest BCUT2D eigenvalue weighted by molar-refractivity contribution is 0.262. The van der Waals surface area contributed by atoms with Gasteiger partial charge in [-0.25, -0.2) is 13.2 Å². The lowest BCUT2D eigenvalue weighted by atomic mass is 10.2. The molecule has 2 amide bonds. The number of nitriles is 1. The van der Waals surface area contributed by atoms with E-state index in [4.69, 9.17) is 16.9 Å². The van der Waals surface area contributed by atoms with Crippen molar-refractivity contribution in [3.63, 3.8) is 0 Å². The number of hydrogen-bond acceptors (Lipinski definition) is 4. The molecule has 3 rings (SSSR count). The predicted octanol–water partition coefficient (Wildman–Crippen LogP) is 4.42. The van der Waals surface area contributed by atoms with Crippen LogP contribution in [-0.4, -0.2) is 31.8 Å². The Hall–Kier alpha value is -2.60. The lowest BCUT2D eigenvalue weighted by Gasteiger charge is -2.20. The van der Waals surface area contributed by atoms with Crippen LogP contribution in [0.1, 0.15) is 31.2 Å². The van der Waals surface area contributed by atoms with Gasteiger partial charge in [0.2, 0.25) is 10.0 Å². The molecule has 0 aliphatic carbocycles. The van der Waals surface area contributed by atoms with Crippen LogP contribution in [0.5, 0.6) is 0 Å². The Labute approximate surface area is 175 Å². The SMILES string of the molecule is N#Cc1cc(Cl)ccc1NC(=O)Nc1cccc(S(=O)(=O)N2CCCCCC2)c1. The van der Waals surface area contributed by atoms with Crippen molar-refractivity contribution in [2.24, 2.45) is 0 Å². The van der Waals surface area contributed by atoms with Gasteiger partial charge in [-0.2, -0.15) is 9.57 Å². The van der Waals surface area contributed by atoms with Crippen molar-refractivity contribution < 1.29 is 13.2 Å². The van der Waals surface area contributed by atoms with Crippen molar-refractivity contribution in [1.29, 1.82) is 5.26 Å². The van der Waals surface area contributed by atoms with Gasteiger partial charge >= 0.3 is 6.03 Å². The zero-order chi connectivity index (χ0) is 20.9. The zero-order valence-electron chi connectivity index (χ0n) is 15.7. The van der Waals surface area contributed by atoms with Crippen molar-refractivity contribution in [3.05, 3.63) is 53.1 Å². The first-order valence-electron chi connectivity index (χ1n) is 9.28. The molecule has 0 saturated carbocycles. The molecule has 1 saturated heterocycles. The number of hydrogen-bond donors (Lipinski definition) is 2. The number of anilines is 2. The van der Waals surface area contributed by atoms with Crippen LogP contribution in [0.2, 0.25) is 5.02 Å². The second-order valence-corrected chi connectivity index (χ2v) is 9.10. The van der Waals surface area contributed by atoms with Gasteiger partial charge in [0.15, 0.2) is 0 Å². The van der Waals surface area contributed by atoms with Crippen LogP contribution in [-0.2, 0) is 10.0 Å². The number of carbonyl (C=O) groups is 1. The van der Waals surface area contributed by atoms with E-state index in [0.717, 1.165) is 25.7 Å². The molecule has 2 aromatic rings. The van der Waals surface area contributed by atoms with E-state index < -0.39 is 16.1 Å². The monoisotopic (exact) mass is 432 g/mol. The van der Waals surface area contributed by atoms with Crippen molar-refractivity contribution in [2.45, 2.75) is 30.6 Å². The maximum Gasteiger partial charge on any atom is 0.323 e. The molecule has 1 aliphatic heterocycles. The highest BCUT2D eigenvalue weighted by Crippen LogP contribution is 2.23. The molecule has 0 aromatic heterocycles. The summed E-state index contributed by atoms with van der Waals surface area (Å²) in [6.07, 6.45) is 3.76. The van der Waals surface area contributed by atoms with E-state index in [2.05, 4.69) is 10.6 Å². The van der Waals surface area contributed by atoms with Crippen molar-refractivity contribution in [3.8, 4) is 6.07 Å². The molecule has 0 unspecified atom stereocenters. The van der Waals surface area contributed by atoms with Gasteiger partial charge in [-0.05, 0) is 49.2 Å². The summed E-state index contributed by atoms with van der Waals surface area (Å²) < 4.78 is 27.4. The van der Waals surface area contributed by atoms with E-state index in [1.165, 1.54) is 28.6 Å². The smallest absolute Gasteiger partial charge is 0.308 e. The summed E-state index contributed by atoms with van der Waals surface area (Å²) in [4.78, 5) is 12.5. The molecule has 29 heavy (non-hydrogen) atoms. The van der Waals surface area contributed by atoms with Crippen LogP contribution in [0.15, 0.2) is 47.4 Å². The molecule has 1 heterocycles. The molecule has 0 spiro atoms. The summed E-state index contributed by atoms with van der Waals surface area (Å²) in [5.74, 6) is 0. The summed E-state index contributed by atoms with van der Waals surface area (Å²) in [5.41, 5.74) is 0.874. The number of urea groups is 1. The second kappa shape index (κ2) is 9.27. The Morgan fingerprint density at radius 2 is 1.76 bits per heavy atom. The molecule has 152 valence electrons. The van der Waals surface area contributed by atoms with E-state index >= 15 is 0 Å². The Bertz CT molecular complexity index is 1040. The summed E-state index contributed by atoms with van der Waals surface area (Å²) in [6.45, 7) is 1.02. The van der Waals surface area contributed by atoms with Gasteiger partial charge in [-0.3, -0.25) is 0 Å². The minimum absolute atomic E-state index is 0.140. The Kier molecular flexibility index (Phi) is 6.75. The molecule has 0 bridgehead atoms. The summed E-state index contributed by atoms with van der Waals surface area (Å²) >= 11 is 5.86. The standard InChI is InChI=1S/C20H21ClN4O3S/c21-16-8-9-19(15(12-16)14-22)24-20(26)23-17-6-5-7-18(13-17)29(27,28)25-10-3-1-2-4-11-25/h5-9,12-13H,1-4,10-11H2,(H2,23,24,26). The second-order valence-electron chi connectivity index (χ2n) is 6.73. The molecule has 7 nitrogen and oxygen atoms in total. The van der Waals surface area contributed by atoms with E-state index in [1.807, 2.05) is 6.07 Å². The molecule has 2 aromatic carbocycles. The third-order valence-corrected chi connectivity index (χ3v) is 6.77. The number of nitrogens with one attached hydrogen (secondary N) is 2. The van der Waals surface area contributed by atoms with Crippen LogP contribution >= 0.6 is 11.6 Å². The number of halogens is 1. The first-order valence-corrected chi connectivity index (χ1v) is 11.1. The number of sulfonamides is 1. The minimum atomic E-state index is -3.61. The fourth-order valence-corrected chi connectivity index (χ4v) is 4.90. The van der Waals surface area contributed by atoms with E-state index in [9.17, 15) is 13.2 Å². The van der Waals surface area contributed by atoms with Crippen LogP contribution in [0.3, 0.4) is 0 Å². The molecular weight excluding hydrogens is 412 g/mol. The number of amides is 2. The van der Waals surface area contributed by atoms with Crippen LogP contribution in [0, 0.1) is 11.3 Å². The van der Waals surface area contributed by atoms with Gasteiger partial charge in [0, 0.05) is 23.8 Å². The topological polar surface area (TPSA) is 102 Å². The van der Waals surface area contributed by atoms with Gasteiger partial charge in [-0.1, -0.05) is 30.5 Å². The van der Waals surface area contributed by atoms with Crippen LogP contribution in [0.4, 0.5) is 16.2 Å². The van der Waals surface area contributed by atoms with E-state index in [1.54, 1.807) is 18.2 Å². The molecule has 0 radical (unpaired) electrons.